The lowest BCUT2D eigenvalue weighted by molar-refractivity contribution is -0.156. The van der Waals surface area contributed by atoms with E-state index in [4.69, 9.17) is 9.47 Å². The van der Waals surface area contributed by atoms with Crippen LogP contribution < -0.4 is 10.1 Å². The van der Waals surface area contributed by atoms with Crippen molar-refractivity contribution in [2.24, 2.45) is 0 Å². The van der Waals surface area contributed by atoms with Gasteiger partial charge >= 0.3 is 5.97 Å². The van der Waals surface area contributed by atoms with Crippen LogP contribution in [0.3, 0.4) is 0 Å². The molecule has 0 heterocycles. The minimum atomic E-state index is -0.715. The maximum atomic E-state index is 12.0. The fraction of sp³-hybridized carbons (Fsp3) is 0.467. The number of benzene rings is 1. The van der Waals surface area contributed by atoms with Gasteiger partial charge < -0.3 is 14.8 Å². The van der Waals surface area contributed by atoms with Crippen LogP contribution in [0.5, 0.6) is 5.75 Å². The van der Waals surface area contributed by atoms with Gasteiger partial charge in [0.15, 0.2) is 0 Å². The number of hydrogen-bond acceptors (Lipinski definition) is 4. The predicted octanol–water partition coefficient (Wildman–Crippen LogP) is 2.16. The van der Waals surface area contributed by atoms with Gasteiger partial charge in [-0.25, -0.2) is 4.79 Å². The molecule has 110 valence electrons. The smallest absolute Gasteiger partial charge is 0.328 e. The normalized spacial score (nSPS) is 12.4. The van der Waals surface area contributed by atoms with Gasteiger partial charge in [0.2, 0.25) is 0 Å². The Morgan fingerprint density at radius 3 is 2.45 bits per heavy atom. The third kappa shape index (κ3) is 4.91. The van der Waals surface area contributed by atoms with E-state index < -0.39 is 17.6 Å². The second kappa shape index (κ2) is 6.41. The summed E-state index contributed by atoms with van der Waals surface area (Å²) in [5.74, 6) is -0.224. The number of carbonyl (C=O) groups excluding carboxylic acids is 2. The van der Waals surface area contributed by atoms with Gasteiger partial charge in [0.1, 0.15) is 17.4 Å². The van der Waals surface area contributed by atoms with Crippen molar-refractivity contribution in [3.63, 3.8) is 0 Å². The van der Waals surface area contributed by atoms with E-state index in [1.165, 1.54) is 7.11 Å². The molecule has 1 aromatic carbocycles. The van der Waals surface area contributed by atoms with Crippen LogP contribution >= 0.6 is 0 Å². The van der Waals surface area contributed by atoms with Crippen LogP contribution in [0.25, 0.3) is 0 Å². The lowest BCUT2D eigenvalue weighted by Crippen LogP contribution is -2.42. The minimum Gasteiger partial charge on any atom is -0.497 e. The van der Waals surface area contributed by atoms with Crippen molar-refractivity contribution >= 4 is 11.9 Å². The molecular weight excluding hydrogens is 258 g/mol. The SMILES string of the molecule is COc1cccc(C(=O)N[C@H](C)C(=O)OC(C)(C)C)c1. The van der Waals surface area contributed by atoms with Crippen molar-refractivity contribution in [1.82, 2.24) is 5.32 Å². The molecule has 0 radical (unpaired) electrons. The Kier molecular flexibility index (Phi) is 5.13. The second-order valence-corrected chi connectivity index (χ2v) is 5.46. The van der Waals surface area contributed by atoms with E-state index in [2.05, 4.69) is 5.32 Å². The van der Waals surface area contributed by atoms with Crippen molar-refractivity contribution in [3.8, 4) is 5.75 Å². The van der Waals surface area contributed by atoms with Crippen molar-refractivity contribution in [1.29, 1.82) is 0 Å². The average Bonchev–Trinajstić information content (AvgIpc) is 2.36. The van der Waals surface area contributed by atoms with E-state index >= 15 is 0 Å². The Labute approximate surface area is 119 Å². The lowest BCUT2D eigenvalue weighted by atomic mass is 10.1. The maximum absolute atomic E-state index is 12.0. The van der Waals surface area contributed by atoms with Crippen molar-refractivity contribution < 1.29 is 19.1 Å². The monoisotopic (exact) mass is 279 g/mol. The first-order valence-electron chi connectivity index (χ1n) is 6.40. The highest BCUT2D eigenvalue weighted by molar-refractivity contribution is 5.97. The zero-order valence-electron chi connectivity index (χ0n) is 12.5. The minimum absolute atomic E-state index is 0.345. The third-order valence-electron chi connectivity index (χ3n) is 2.44. The van der Waals surface area contributed by atoms with Gasteiger partial charge in [-0.05, 0) is 45.9 Å². The summed E-state index contributed by atoms with van der Waals surface area (Å²) in [6.07, 6.45) is 0. The van der Waals surface area contributed by atoms with Crippen molar-refractivity contribution in [2.75, 3.05) is 7.11 Å². The Morgan fingerprint density at radius 2 is 1.90 bits per heavy atom. The molecule has 0 bridgehead atoms. The molecule has 0 spiro atoms. The summed E-state index contributed by atoms with van der Waals surface area (Å²) < 4.78 is 10.3. The Morgan fingerprint density at radius 1 is 1.25 bits per heavy atom. The predicted molar refractivity (Wildman–Crippen MR) is 75.8 cm³/mol. The zero-order chi connectivity index (χ0) is 15.3. The summed E-state index contributed by atoms with van der Waals surface area (Å²) >= 11 is 0. The molecule has 0 aromatic heterocycles. The maximum Gasteiger partial charge on any atom is 0.328 e. The first-order valence-corrected chi connectivity index (χ1v) is 6.40. The van der Waals surface area contributed by atoms with Crippen LogP contribution in [0.1, 0.15) is 38.1 Å². The summed E-state index contributed by atoms with van der Waals surface area (Å²) in [7, 11) is 1.53. The molecule has 0 unspecified atom stereocenters. The fourth-order valence-electron chi connectivity index (χ4n) is 1.49. The molecule has 1 amide bonds. The molecule has 1 N–H and O–H groups in total. The van der Waals surface area contributed by atoms with Crippen LogP contribution in [0.4, 0.5) is 0 Å². The molecule has 1 rings (SSSR count). The Balaban J connectivity index is 2.67. The van der Waals surface area contributed by atoms with E-state index in [9.17, 15) is 9.59 Å². The average molecular weight is 279 g/mol. The summed E-state index contributed by atoms with van der Waals surface area (Å²) in [4.78, 5) is 23.8. The molecule has 0 aliphatic rings. The van der Waals surface area contributed by atoms with E-state index in [0.29, 0.717) is 11.3 Å². The molecule has 0 saturated carbocycles. The summed E-state index contributed by atoms with van der Waals surface area (Å²) in [6.45, 7) is 6.93. The van der Waals surface area contributed by atoms with Gasteiger partial charge in [-0.1, -0.05) is 6.07 Å². The molecule has 1 aromatic rings. The van der Waals surface area contributed by atoms with Crippen LogP contribution in [-0.2, 0) is 9.53 Å². The van der Waals surface area contributed by atoms with Gasteiger partial charge in [-0.3, -0.25) is 4.79 Å². The highest BCUT2D eigenvalue weighted by Gasteiger charge is 2.23. The topological polar surface area (TPSA) is 64.6 Å². The van der Waals surface area contributed by atoms with E-state index in [0.717, 1.165) is 0 Å². The fourth-order valence-corrected chi connectivity index (χ4v) is 1.49. The van der Waals surface area contributed by atoms with Gasteiger partial charge in [0.05, 0.1) is 7.11 Å². The summed E-state index contributed by atoms with van der Waals surface area (Å²) in [5.41, 5.74) is -0.147. The first-order chi connectivity index (χ1) is 9.23. The number of esters is 1. The first kappa shape index (κ1) is 16.0. The number of methoxy groups -OCH3 is 1. The molecule has 5 nitrogen and oxygen atoms in total. The summed E-state index contributed by atoms with van der Waals surface area (Å²) in [6, 6.07) is 6.00. The Hall–Kier alpha value is -2.04. The number of hydrogen-bond donors (Lipinski definition) is 1. The third-order valence-corrected chi connectivity index (χ3v) is 2.44. The largest absolute Gasteiger partial charge is 0.497 e. The van der Waals surface area contributed by atoms with E-state index in [1.807, 2.05) is 0 Å². The van der Waals surface area contributed by atoms with Gasteiger partial charge in [0, 0.05) is 5.56 Å². The molecule has 0 aliphatic heterocycles. The molecule has 0 fully saturated rings. The molecular formula is C15H21NO4. The number of ether oxygens (including phenoxy) is 2. The quantitative estimate of drug-likeness (QED) is 0.858. The molecule has 1 atom stereocenters. The number of carbonyl (C=O) groups is 2. The van der Waals surface area contributed by atoms with Crippen molar-refractivity contribution in [2.45, 2.75) is 39.3 Å². The lowest BCUT2D eigenvalue weighted by Gasteiger charge is -2.22. The highest BCUT2D eigenvalue weighted by Crippen LogP contribution is 2.13. The Bertz CT molecular complexity index is 491. The molecule has 20 heavy (non-hydrogen) atoms. The molecule has 0 aliphatic carbocycles. The number of nitrogens with one attached hydrogen (secondary N) is 1. The van der Waals surface area contributed by atoms with E-state index in [-0.39, 0.29) is 5.91 Å². The number of amides is 1. The van der Waals surface area contributed by atoms with Crippen LogP contribution in [-0.4, -0.2) is 30.6 Å². The second-order valence-electron chi connectivity index (χ2n) is 5.46. The molecule has 5 heteroatoms. The van der Waals surface area contributed by atoms with Gasteiger partial charge in [-0.2, -0.15) is 0 Å². The zero-order valence-corrected chi connectivity index (χ0v) is 12.5. The van der Waals surface area contributed by atoms with Gasteiger partial charge in [0.25, 0.3) is 5.91 Å². The van der Waals surface area contributed by atoms with Gasteiger partial charge in [-0.15, -0.1) is 0 Å². The standard InChI is InChI=1S/C15H21NO4/c1-10(14(18)20-15(2,3)4)16-13(17)11-7-6-8-12(9-11)19-5/h6-10H,1-5H3,(H,16,17)/t10-/m1/s1. The van der Waals surface area contributed by atoms with E-state index in [1.54, 1.807) is 52.0 Å². The van der Waals surface area contributed by atoms with Crippen LogP contribution in [0.2, 0.25) is 0 Å². The number of rotatable bonds is 4. The van der Waals surface area contributed by atoms with Crippen molar-refractivity contribution in [3.05, 3.63) is 29.8 Å². The van der Waals surface area contributed by atoms with Crippen LogP contribution in [0.15, 0.2) is 24.3 Å². The molecule has 0 saturated heterocycles. The highest BCUT2D eigenvalue weighted by atomic mass is 16.6. The summed E-state index contributed by atoms with van der Waals surface area (Å²) in [5, 5.41) is 2.60. The van der Waals surface area contributed by atoms with Crippen LogP contribution in [0, 0.1) is 0 Å².